The molecule has 0 spiro atoms. The van der Waals surface area contributed by atoms with E-state index in [0.717, 1.165) is 17.7 Å². The molecule has 2 N–H and O–H groups in total. The summed E-state index contributed by atoms with van der Waals surface area (Å²) in [5.41, 5.74) is 0.159. The highest BCUT2D eigenvalue weighted by molar-refractivity contribution is 9.10. The Balaban J connectivity index is 1.72. The quantitative estimate of drug-likeness (QED) is 0.375. The van der Waals surface area contributed by atoms with Crippen molar-refractivity contribution in [2.75, 3.05) is 4.72 Å². The first-order chi connectivity index (χ1) is 14.1. The van der Waals surface area contributed by atoms with Gasteiger partial charge >= 0.3 is 6.18 Å². The molecule has 0 fully saturated rings. The predicted molar refractivity (Wildman–Crippen MR) is 111 cm³/mol. The summed E-state index contributed by atoms with van der Waals surface area (Å²) >= 11 is 2.97. The molecule has 0 aliphatic carbocycles. The highest BCUT2D eigenvalue weighted by atomic mass is 79.9. The molecule has 30 heavy (non-hydrogen) atoms. The van der Waals surface area contributed by atoms with Gasteiger partial charge in [0.2, 0.25) is 0 Å². The van der Waals surface area contributed by atoms with E-state index in [1.807, 2.05) is 35.1 Å². The van der Waals surface area contributed by atoms with Gasteiger partial charge in [0.05, 0.1) is 27.2 Å². The van der Waals surface area contributed by atoms with Gasteiger partial charge in [0, 0.05) is 10.0 Å². The van der Waals surface area contributed by atoms with Crippen LogP contribution in [0, 0.1) is 0 Å². The summed E-state index contributed by atoms with van der Waals surface area (Å²) in [5.74, 6) is 0.556. The molecular formula is C20H13BrF3N3O2S. The number of halogens is 4. The summed E-state index contributed by atoms with van der Waals surface area (Å²) in [6.07, 6.45) is -4.72. The van der Waals surface area contributed by atoms with Gasteiger partial charge in [-0.3, -0.25) is 4.72 Å². The molecule has 4 aromatic rings. The average molecular weight is 496 g/mol. The van der Waals surface area contributed by atoms with Gasteiger partial charge in [0.1, 0.15) is 5.82 Å². The number of imidazole rings is 1. The lowest BCUT2D eigenvalue weighted by Crippen LogP contribution is -2.17. The van der Waals surface area contributed by atoms with E-state index in [4.69, 9.17) is 0 Å². The van der Waals surface area contributed by atoms with Crippen LogP contribution >= 0.6 is 15.9 Å². The minimum atomic E-state index is -4.72. The molecule has 0 amide bonds. The van der Waals surface area contributed by atoms with Gasteiger partial charge < -0.3 is 4.98 Å². The number of sulfonamides is 1. The summed E-state index contributed by atoms with van der Waals surface area (Å²) in [4.78, 5) is 7.28. The molecule has 154 valence electrons. The third kappa shape index (κ3) is 4.05. The molecule has 0 unspecified atom stereocenters. The van der Waals surface area contributed by atoms with Gasteiger partial charge in [-0.1, -0.05) is 46.3 Å². The van der Waals surface area contributed by atoms with Gasteiger partial charge in [-0.2, -0.15) is 13.2 Å². The lowest BCUT2D eigenvalue weighted by molar-refractivity contribution is -0.136. The second kappa shape index (κ2) is 7.44. The number of hydrogen-bond donors (Lipinski definition) is 2. The van der Waals surface area contributed by atoms with E-state index in [1.54, 1.807) is 0 Å². The SMILES string of the molecule is O=S(=O)(Nc1ccc(Br)cc1C(F)(F)F)c1ccc2nc(-c3ccccc3)[nH]c2c1. The van der Waals surface area contributed by atoms with Crippen LogP contribution in [-0.4, -0.2) is 18.4 Å². The maximum Gasteiger partial charge on any atom is 0.418 e. The normalized spacial score (nSPS) is 12.3. The third-order valence-electron chi connectivity index (χ3n) is 4.34. The van der Waals surface area contributed by atoms with Crippen LogP contribution < -0.4 is 4.72 Å². The van der Waals surface area contributed by atoms with Crippen LogP contribution in [0.3, 0.4) is 0 Å². The zero-order valence-corrected chi connectivity index (χ0v) is 17.4. The fourth-order valence-corrected chi connectivity index (χ4v) is 4.40. The largest absolute Gasteiger partial charge is 0.418 e. The second-order valence-electron chi connectivity index (χ2n) is 6.42. The first-order valence-electron chi connectivity index (χ1n) is 8.58. The van der Waals surface area contributed by atoms with E-state index in [0.29, 0.717) is 16.9 Å². The molecule has 0 aliphatic heterocycles. The molecule has 0 atom stereocenters. The molecule has 3 aromatic carbocycles. The summed E-state index contributed by atoms with van der Waals surface area (Å²) in [7, 11) is -4.27. The number of aromatic amines is 1. The summed E-state index contributed by atoms with van der Waals surface area (Å²) in [6.45, 7) is 0. The minimum Gasteiger partial charge on any atom is -0.338 e. The Bertz CT molecular complexity index is 1340. The van der Waals surface area contributed by atoms with Crippen LogP contribution in [0.2, 0.25) is 0 Å². The number of hydrogen-bond acceptors (Lipinski definition) is 3. The number of H-pyrrole nitrogens is 1. The van der Waals surface area contributed by atoms with Crippen LogP contribution in [0.25, 0.3) is 22.4 Å². The van der Waals surface area contributed by atoms with E-state index >= 15 is 0 Å². The van der Waals surface area contributed by atoms with Crippen molar-refractivity contribution in [3.8, 4) is 11.4 Å². The molecule has 0 bridgehead atoms. The van der Waals surface area contributed by atoms with Crippen molar-refractivity contribution in [3.05, 3.63) is 76.8 Å². The summed E-state index contributed by atoms with van der Waals surface area (Å²) in [6, 6.07) is 16.6. The number of rotatable bonds is 4. The fraction of sp³-hybridized carbons (Fsp3) is 0.0500. The average Bonchev–Trinajstić information content (AvgIpc) is 3.12. The number of nitrogens with zero attached hydrogens (tertiary/aromatic N) is 1. The monoisotopic (exact) mass is 495 g/mol. The highest BCUT2D eigenvalue weighted by Crippen LogP contribution is 2.37. The van der Waals surface area contributed by atoms with E-state index in [1.165, 1.54) is 24.3 Å². The van der Waals surface area contributed by atoms with E-state index in [-0.39, 0.29) is 9.37 Å². The Morgan fingerprint density at radius 1 is 0.967 bits per heavy atom. The molecule has 4 rings (SSSR count). The number of anilines is 1. The molecule has 0 radical (unpaired) electrons. The minimum absolute atomic E-state index is 0.185. The van der Waals surface area contributed by atoms with Crippen molar-refractivity contribution in [1.29, 1.82) is 0 Å². The molecule has 1 aromatic heterocycles. The van der Waals surface area contributed by atoms with E-state index in [9.17, 15) is 21.6 Å². The topological polar surface area (TPSA) is 74.8 Å². The van der Waals surface area contributed by atoms with E-state index < -0.39 is 27.5 Å². The standard InChI is InChI=1S/C20H13BrF3N3O2S/c21-13-6-8-16(15(10-13)20(22,23)24)27-30(28,29)14-7-9-17-18(11-14)26-19(25-17)12-4-2-1-3-5-12/h1-11,27H,(H,25,26). The molecule has 0 saturated carbocycles. The maximum absolute atomic E-state index is 13.3. The Labute approximate surface area is 178 Å². The third-order valence-corrected chi connectivity index (χ3v) is 6.20. The Kier molecular flexibility index (Phi) is 5.07. The number of aromatic nitrogens is 2. The molecule has 0 saturated heterocycles. The highest BCUT2D eigenvalue weighted by Gasteiger charge is 2.35. The fourth-order valence-electron chi connectivity index (χ4n) is 2.93. The van der Waals surface area contributed by atoms with Crippen molar-refractivity contribution in [2.24, 2.45) is 0 Å². The predicted octanol–water partition coefficient (Wildman–Crippen LogP) is 5.81. The molecular weight excluding hydrogens is 483 g/mol. The van der Waals surface area contributed by atoms with Crippen molar-refractivity contribution in [1.82, 2.24) is 9.97 Å². The summed E-state index contributed by atoms with van der Waals surface area (Å²) < 4.78 is 67.7. The van der Waals surface area contributed by atoms with Gasteiger partial charge in [0.15, 0.2) is 0 Å². The van der Waals surface area contributed by atoms with E-state index in [2.05, 4.69) is 25.9 Å². The zero-order valence-electron chi connectivity index (χ0n) is 15.0. The van der Waals surface area contributed by atoms with Crippen molar-refractivity contribution in [2.45, 2.75) is 11.1 Å². The Hall–Kier alpha value is -2.85. The molecule has 1 heterocycles. The Morgan fingerprint density at radius 3 is 2.40 bits per heavy atom. The van der Waals surface area contributed by atoms with Crippen LogP contribution in [0.1, 0.15) is 5.56 Å². The van der Waals surface area contributed by atoms with Gasteiger partial charge in [0.25, 0.3) is 10.0 Å². The Morgan fingerprint density at radius 2 is 1.70 bits per heavy atom. The van der Waals surface area contributed by atoms with Crippen LogP contribution in [-0.2, 0) is 16.2 Å². The van der Waals surface area contributed by atoms with Gasteiger partial charge in [-0.15, -0.1) is 0 Å². The molecule has 10 heteroatoms. The van der Waals surface area contributed by atoms with Crippen molar-refractivity contribution in [3.63, 3.8) is 0 Å². The first kappa shape index (κ1) is 20.4. The van der Waals surface area contributed by atoms with Crippen LogP contribution in [0.5, 0.6) is 0 Å². The summed E-state index contributed by atoms with van der Waals surface area (Å²) in [5, 5.41) is 0. The number of nitrogens with one attached hydrogen (secondary N) is 2. The smallest absolute Gasteiger partial charge is 0.338 e. The lowest BCUT2D eigenvalue weighted by atomic mass is 10.2. The first-order valence-corrected chi connectivity index (χ1v) is 10.9. The van der Waals surface area contributed by atoms with Crippen molar-refractivity contribution >= 4 is 42.7 Å². The van der Waals surface area contributed by atoms with Crippen molar-refractivity contribution < 1.29 is 21.6 Å². The van der Waals surface area contributed by atoms with Gasteiger partial charge in [-0.05, 0) is 36.4 Å². The van der Waals surface area contributed by atoms with Crippen LogP contribution in [0.4, 0.5) is 18.9 Å². The maximum atomic E-state index is 13.3. The lowest BCUT2D eigenvalue weighted by Gasteiger charge is -2.15. The van der Waals surface area contributed by atoms with Crippen LogP contribution in [0.15, 0.2) is 76.1 Å². The molecule has 0 aliphatic rings. The zero-order chi connectivity index (χ0) is 21.5. The number of benzene rings is 3. The number of fused-ring (bicyclic) bond motifs is 1. The second-order valence-corrected chi connectivity index (χ2v) is 9.02. The van der Waals surface area contributed by atoms with Gasteiger partial charge in [-0.25, -0.2) is 13.4 Å². The number of alkyl halides is 3. The molecule has 5 nitrogen and oxygen atoms in total.